The lowest BCUT2D eigenvalue weighted by molar-refractivity contribution is -0.0612. The number of aryl methyl sites for hydroxylation is 1. The molecule has 31 heavy (non-hydrogen) atoms. The van der Waals surface area contributed by atoms with Crippen LogP contribution in [0.15, 0.2) is 48.8 Å². The molecule has 1 aromatic heterocycles. The number of imidazole rings is 1. The van der Waals surface area contributed by atoms with Crippen molar-refractivity contribution in [3.8, 4) is 17.2 Å². The fourth-order valence-electron chi connectivity index (χ4n) is 3.81. The molecule has 1 fully saturated rings. The number of ether oxygens (including phenoxy) is 4. The van der Waals surface area contributed by atoms with E-state index < -0.39 is 11.9 Å². The smallest absolute Gasteiger partial charge is 0.171 e. The molecule has 1 aliphatic heterocycles. The lowest BCUT2D eigenvalue weighted by Crippen LogP contribution is -2.25. The van der Waals surface area contributed by atoms with Gasteiger partial charge in [-0.2, -0.15) is 0 Å². The molecule has 0 aliphatic carbocycles. The van der Waals surface area contributed by atoms with Gasteiger partial charge in [-0.1, -0.05) is 12.1 Å². The number of nitrogens with zero attached hydrogens (tertiary/aromatic N) is 2. The Kier molecular flexibility index (Phi) is 6.53. The fraction of sp³-hybridized carbons (Fsp3) is 0.375. The molecule has 0 radical (unpaired) electrons. The van der Waals surface area contributed by atoms with E-state index in [9.17, 15) is 0 Å². The van der Waals surface area contributed by atoms with E-state index in [1.54, 1.807) is 32.5 Å². The highest BCUT2D eigenvalue weighted by molar-refractivity contribution is 5.42. The second kappa shape index (κ2) is 9.49. The number of rotatable bonds is 7. The number of halogens is 1. The van der Waals surface area contributed by atoms with E-state index >= 15 is 4.39 Å². The average molecular weight is 426 g/mol. The monoisotopic (exact) mass is 426 g/mol. The molecule has 2 heterocycles. The van der Waals surface area contributed by atoms with Crippen LogP contribution >= 0.6 is 0 Å². The molecule has 1 aliphatic rings. The number of methoxy groups -OCH3 is 2. The van der Waals surface area contributed by atoms with Crippen LogP contribution in [-0.2, 0) is 16.1 Å². The van der Waals surface area contributed by atoms with Gasteiger partial charge in [-0.15, -0.1) is 0 Å². The van der Waals surface area contributed by atoms with E-state index in [4.69, 9.17) is 18.9 Å². The van der Waals surface area contributed by atoms with Crippen LogP contribution in [0.4, 0.5) is 4.39 Å². The topological polar surface area (TPSA) is 54.7 Å². The Morgan fingerprint density at radius 2 is 2.00 bits per heavy atom. The quantitative estimate of drug-likeness (QED) is 0.545. The molecule has 0 spiro atoms. The molecule has 3 aromatic rings. The molecule has 0 saturated carbocycles. The first-order valence-corrected chi connectivity index (χ1v) is 10.3. The van der Waals surface area contributed by atoms with Gasteiger partial charge in [0.1, 0.15) is 18.2 Å². The second-order valence-electron chi connectivity index (χ2n) is 7.57. The molecule has 0 N–H and O–H groups in total. The maximum Gasteiger partial charge on any atom is 0.171 e. The van der Waals surface area contributed by atoms with Crippen LogP contribution in [0.25, 0.3) is 5.69 Å². The molecule has 7 heteroatoms. The summed E-state index contributed by atoms with van der Waals surface area (Å²) in [4.78, 5) is 4.24. The number of hydrogen-bond acceptors (Lipinski definition) is 5. The molecule has 2 unspecified atom stereocenters. The summed E-state index contributed by atoms with van der Waals surface area (Å²) in [6, 6.07) is 11.1. The third-order valence-electron chi connectivity index (χ3n) is 5.63. The third-order valence-corrected chi connectivity index (χ3v) is 5.63. The molecule has 0 bridgehead atoms. The standard InChI is InChI=1S/C24H27FN2O4/c1-16-26-9-10-27(16)18-6-4-17(5-7-18)15-31-23-14-20(29-3)12-21(24(23)25)22-13-19(28-2)8-11-30-22/h4-7,9-10,12,14,19,22H,8,11,13,15H2,1-3H3. The lowest BCUT2D eigenvalue weighted by atomic mass is 9.98. The Morgan fingerprint density at radius 1 is 1.19 bits per heavy atom. The summed E-state index contributed by atoms with van der Waals surface area (Å²) in [7, 11) is 3.22. The SMILES string of the molecule is COc1cc(OCc2ccc(-n3ccnc3C)cc2)c(F)c(C2CC(OC)CCO2)c1. The van der Waals surface area contributed by atoms with Gasteiger partial charge in [0.05, 0.1) is 19.3 Å². The maximum absolute atomic E-state index is 15.3. The minimum atomic E-state index is -0.423. The molecule has 6 nitrogen and oxygen atoms in total. The fourth-order valence-corrected chi connectivity index (χ4v) is 3.81. The van der Waals surface area contributed by atoms with Crippen LogP contribution in [0, 0.1) is 12.7 Å². The Hall–Kier alpha value is -2.90. The highest BCUT2D eigenvalue weighted by Gasteiger charge is 2.28. The zero-order valence-electron chi connectivity index (χ0n) is 18.0. The number of aromatic nitrogens is 2. The average Bonchev–Trinajstić information content (AvgIpc) is 3.24. The van der Waals surface area contributed by atoms with Gasteiger partial charge in [-0.3, -0.25) is 0 Å². The van der Waals surface area contributed by atoms with E-state index in [0.717, 1.165) is 23.5 Å². The minimum absolute atomic E-state index is 0.0476. The molecule has 2 aromatic carbocycles. The van der Waals surface area contributed by atoms with E-state index in [-0.39, 0.29) is 18.5 Å². The summed E-state index contributed by atoms with van der Waals surface area (Å²) < 4.78 is 39.8. The van der Waals surface area contributed by atoms with Gasteiger partial charge in [0.15, 0.2) is 11.6 Å². The second-order valence-corrected chi connectivity index (χ2v) is 7.57. The van der Waals surface area contributed by atoms with E-state index in [2.05, 4.69) is 4.98 Å². The Morgan fingerprint density at radius 3 is 2.68 bits per heavy atom. The summed E-state index contributed by atoms with van der Waals surface area (Å²) in [5, 5.41) is 0. The summed E-state index contributed by atoms with van der Waals surface area (Å²) in [5.74, 6) is 1.16. The summed E-state index contributed by atoms with van der Waals surface area (Å²) >= 11 is 0. The van der Waals surface area contributed by atoms with Crippen LogP contribution in [0.2, 0.25) is 0 Å². The highest BCUT2D eigenvalue weighted by atomic mass is 19.1. The largest absolute Gasteiger partial charge is 0.497 e. The predicted molar refractivity (Wildman–Crippen MR) is 114 cm³/mol. The van der Waals surface area contributed by atoms with Crippen LogP contribution in [-0.4, -0.2) is 36.5 Å². The molecule has 4 rings (SSSR count). The molecule has 1 saturated heterocycles. The van der Waals surface area contributed by atoms with Crippen molar-refractivity contribution in [2.24, 2.45) is 0 Å². The van der Waals surface area contributed by atoms with E-state index in [0.29, 0.717) is 24.3 Å². The van der Waals surface area contributed by atoms with Crippen LogP contribution < -0.4 is 9.47 Å². The van der Waals surface area contributed by atoms with Crippen LogP contribution in [0.1, 0.15) is 35.9 Å². The Balaban J connectivity index is 1.51. The molecule has 164 valence electrons. The molecular formula is C24H27FN2O4. The van der Waals surface area contributed by atoms with Crippen molar-refractivity contribution in [3.05, 3.63) is 71.6 Å². The predicted octanol–water partition coefficient (Wildman–Crippen LogP) is 4.77. The van der Waals surface area contributed by atoms with E-state index in [1.807, 2.05) is 42.0 Å². The summed E-state index contributed by atoms with van der Waals surface area (Å²) in [6.07, 6.45) is 4.72. The maximum atomic E-state index is 15.3. The minimum Gasteiger partial charge on any atom is -0.497 e. The van der Waals surface area contributed by atoms with Crippen molar-refractivity contribution in [2.75, 3.05) is 20.8 Å². The number of hydrogen-bond donors (Lipinski definition) is 0. The van der Waals surface area contributed by atoms with Crippen LogP contribution in [0.5, 0.6) is 11.5 Å². The van der Waals surface area contributed by atoms with Crippen molar-refractivity contribution in [2.45, 2.75) is 38.6 Å². The normalized spacial score (nSPS) is 18.7. The van der Waals surface area contributed by atoms with E-state index in [1.165, 1.54) is 0 Å². The van der Waals surface area contributed by atoms with Crippen molar-refractivity contribution in [3.63, 3.8) is 0 Å². The molecule has 0 amide bonds. The summed E-state index contributed by atoms with van der Waals surface area (Å²) in [5.41, 5.74) is 2.37. The van der Waals surface area contributed by atoms with Gasteiger partial charge in [-0.05, 0) is 37.1 Å². The number of benzene rings is 2. The van der Waals surface area contributed by atoms with Crippen molar-refractivity contribution in [1.29, 1.82) is 0 Å². The Bertz CT molecular complexity index is 1020. The van der Waals surface area contributed by atoms with Crippen molar-refractivity contribution >= 4 is 0 Å². The van der Waals surface area contributed by atoms with Gasteiger partial charge in [0.2, 0.25) is 0 Å². The lowest BCUT2D eigenvalue weighted by Gasteiger charge is -2.29. The first-order valence-electron chi connectivity index (χ1n) is 10.3. The first kappa shape index (κ1) is 21.3. The summed E-state index contributed by atoms with van der Waals surface area (Å²) in [6.45, 7) is 2.71. The third kappa shape index (κ3) is 4.73. The van der Waals surface area contributed by atoms with Crippen molar-refractivity contribution < 1.29 is 23.3 Å². The molecular weight excluding hydrogens is 399 g/mol. The van der Waals surface area contributed by atoms with Crippen molar-refractivity contribution in [1.82, 2.24) is 9.55 Å². The zero-order chi connectivity index (χ0) is 21.8. The zero-order valence-corrected chi connectivity index (χ0v) is 18.0. The van der Waals surface area contributed by atoms with Gasteiger partial charge >= 0.3 is 0 Å². The van der Waals surface area contributed by atoms with Gasteiger partial charge < -0.3 is 23.5 Å². The van der Waals surface area contributed by atoms with Gasteiger partial charge in [0, 0.05) is 49.8 Å². The van der Waals surface area contributed by atoms with Gasteiger partial charge in [-0.25, -0.2) is 9.37 Å². The first-order chi connectivity index (χ1) is 15.1. The molecule has 2 atom stereocenters. The Labute approximate surface area is 181 Å². The van der Waals surface area contributed by atoms with Crippen LogP contribution in [0.3, 0.4) is 0 Å². The van der Waals surface area contributed by atoms with Gasteiger partial charge in [0.25, 0.3) is 0 Å². The highest BCUT2D eigenvalue weighted by Crippen LogP contribution is 2.37.